The number of halogens is 1. The summed E-state index contributed by atoms with van der Waals surface area (Å²) in [5.41, 5.74) is 6.70. The molecule has 0 aliphatic rings. The van der Waals surface area contributed by atoms with Gasteiger partial charge in [0, 0.05) is 6.04 Å². The first-order valence-electron chi connectivity index (χ1n) is 5.66. The van der Waals surface area contributed by atoms with Crippen molar-refractivity contribution in [3.05, 3.63) is 29.6 Å². The molecule has 96 valence electrons. The van der Waals surface area contributed by atoms with Crippen molar-refractivity contribution in [3.63, 3.8) is 0 Å². The molecule has 0 bridgehead atoms. The monoisotopic (exact) mass is 257 g/mol. The van der Waals surface area contributed by atoms with Gasteiger partial charge in [-0.25, -0.2) is 4.39 Å². The van der Waals surface area contributed by atoms with Crippen LogP contribution in [0.5, 0.6) is 5.75 Å². The van der Waals surface area contributed by atoms with Crippen LogP contribution in [0.4, 0.5) is 4.39 Å². The SMILES string of the molecule is COc1cccc(CC(N)C(C)CSC)c1F. The van der Waals surface area contributed by atoms with E-state index < -0.39 is 0 Å². The van der Waals surface area contributed by atoms with E-state index in [2.05, 4.69) is 13.2 Å². The van der Waals surface area contributed by atoms with Gasteiger partial charge in [0.05, 0.1) is 7.11 Å². The van der Waals surface area contributed by atoms with E-state index in [1.807, 2.05) is 0 Å². The number of methoxy groups -OCH3 is 1. The third-order valence-electron chi connectivity index (χ3n) is 2.88. The second-order valence-electron chi connectivity index (χ2n) is 4.23. The average molecular weight is 257 g/mol. The van der Waals surface area contributed by atoms with E-state index in [1.165, 1.54) is 7.11 Å². The minimum absolute atomic E-state index is 0.0240. The van der Waals surface area contributed by atoms with Crippen LogP contribution in [0.2, 0.25) is 0 Å². The van der Waals surface area contributed by atoms with Crippen molar-refractivity contribution >= 4 is 11.8 Å². The number of hydrogen-bond acceptors (Lipinski definition) is 3. The van der Waals surface area contributed by atoms with E-state index >= 15 is 0 Å². The van der Waals surface area contributed by atoms with E-state index in [9.17, 15) is 4.39 Å². The number of rotatable bonds is 6. The van der Waals surface area contributed by atoms with E-state index in [4.69, 9.17) is 10.5 Å². The van der Waals surface area contributed by atoms with Gasteiger partial charge in [-0.15, -0.1) is 0 Å². The van der Waals surface area contributed by atoms with Gasteiger partial charge in [0.2, 0.25) is 0 Å². The summed E-state index contributed by atoms with van der Waals surface area (Å²) < 4.78 is 18.9. The van der Waals surface area contributed by atoms with Crippen molar-refractivity contribution in [2.45, 2.75) is 19.4 Å². The lowest BCUT2D eigenvalue weighted by molar-refractivity contribution is 0.382. The number of nitrogens with two attached hydrogens (primary N) is 1. The summed E-state index contributed by atoms with van der Waals surface area (Å²) in [6, 6.07) is 5.16. The fourth-order valence-electron chi connectivity index (χ4n) is 1.71. The standard InChI is InChI=1S/C13H20FNOS/c1-9(8-17-3)11(15)7-10-5-4-6-12(16-2)13(10)14/h4-6,9,11H,7-8,15H2,1-3H3. The zero-order valence-electron chi connectivity index (χ0n) is 10.6. The predicted molar refractivity (Wildman–Crippen MR) is 72.2 cm³/mol. The minimum Gasteiger partial charge on any atom is -0.494 e. The summed E-state index contributed by atoms with van der Waals surface area (Å²) in [5.74, 6) is 1.36. The molecule has 0 spiro atoms. The Bertz CT molecular complexity index is 359. The topological polar surface area (TPSA) is 35.2 Å². The van der Waals surface area contributed by atoms with Crippen molar-refractivity contribution in [2.24, 2.45) is 11.7 Å². The molecule has 2 nitrogen and oxygen atoms in total. The molecule has 0 saturated carbocycles. The second kappa shape index (κ2) is 6.87. The Morgan fingerprint density at radius 2 is 2.18 bits per heavy atom. The number of ether oxygens (including phenoxy) is 1. The molecule has 4 heteroatoms. The van der Waals surface area contributed by atoms with Crippen LogP contribution in [0.15, 0.2) is 18.2 Å². The first-order valence-corrected chi connectivity index (χ1v) is 7.05. The highest BCUT2D eigenvalue weighted by Crippen LogP contribution is 2.22. The highest BCUT2D eigenvalue weighted by molar-refractivity contribution is 7.98. The second-order valence-corrected chi connectivity index (χ2v) is 5.14. The van der Waals surface area contributed by atoms with Crippen molar-refractivity contribution < 1.29 is 9.13 Å². The van der Waals surface area contributed by atoms with Crippen molar-refractivity contribution in [1.29, 1.82) is 0 Å². The van der Waals surface area contributed by atoms with E-state index in [0.717, 1.165) is 5.75 Å². The lowest BCUT2D eigenvalue weighted by Gasteiger charge is -2.19. The summed E-state index contributed by atoms with van der Waals surface area (Å²) in [5, 5.41) is 0. The molecule has 1 aromatic carbocycles. The van der Waals surface area contributed by atoms with Gasteiger partial charge < -0.3 is 10.5 Å². The fraction of sp³-hybridized carbons (Fsp3) is 0.538. The molecule has 0 amide bonds. The summed E-state index contributed by atoms with van der Waals surface area (Å²) >= 11 is 1.76. The normalized spacial score (nSPS) is 14.4. The molecule has 1 rings (SSSR count). The van der Waals surface area contributed by atoms with Crippen molar-refractivity contribution in [1.82, 2.24) is 0 Å². The van der Waals surface area contributed by atoms with Gasteiger partial charge in [-0.05, 0) is 36.0 Å². The van der Waals surface area contributed by atoms with Gasteiger partial charge in [-0.3, -0.25) is 0 Å². The third kappa shape index (κ3) is 3.89. The maximum atomic E-state index is 13.9. The Morgan fingerprint density at radius 3 is 2.76 bits per heavy atom. The number of benzene rings is 1. The maximum Gasteiger partial charge on any atom is 0.168 e. The molecule has 0 saturated heterocycles. The molecule has 17 heavy (non-hydrogen) atoms. The zero-order valence-corrected chi connectivity index (χ0v) is 11.4. The quantitative estimate of drug-likeness (QED) is 0.851. The van der Waals surface area contributed by atoms with Gasteiger partial charge >= 0.3 is 0 Å². The van der Waals surface area contributed by atoms with Gasteiger partial charge in [0.15, 0.2) is 11.6 Å². The van der Waals surface area contributed by atoms with Crippen LogP contribution < -0.4 is 10.5 Å². The summed E-state index contributed by atoms with van der Waals surface area (Å²) in [4.78, 5) is 0. The van der Waals surface area contributed by atoms with Gasteiger partial charge in [0.1, 0.15) is 0 Å². The third-order valence-corrected chi connectivity index (χ3v) is 3.74. The summed E-state index contributed by atoms with van der Waals surface area (Å²) in [6.07, 6.45) is 2.60. The molecule has 2 N–H and O–H groups in total. The molecule has 0 radical (unpaired) electrons. The van der Waals surface area contributed by atoms with Crippen LogP contribution in [-0.2, 0) is 6.42 Å². The Kier molecular flexibility index (Phi) is 5.78. The van der Waals surface area contributed by atoms with Crippen molar-refractivity contribution in [3.8, 4) is 5.75 Å². The average Bonchev–Trinajstić information content (AvgIpc) is 2.32. The van der Waals surface area contributed by atoms with Crippen LogP contribution in [0.25, 0.3) is 0 Å². The van der Waals surface area contributed by atoms with Crippen molar-refractivity contribution in [2.75, 3.05) is 19.1 Å². The van der Waals surface area contributed by atoms with Gasteiger partial charge in [0.25, 0.3) is 0 Å². The molecule has 0 aliphatic heterocycles. The van der Waals surface area contributed by atoms with Gasteiger partial charge in [-0.1, -0.05) is 19.1 Å². The highest BCUT2D eigenvalue weighted by atomic mass is 32.2. The van der Waals surface area contributed by atoms with E-state index in [1.54, 1.807) is 30.0 Å². The highest BCUT2D eigenvalue weighted by Gasteiger charge is 2.16. The Hall–Kier alpha value is -0.740. The first kappa shape index (κ1) is 14.3. The zero-order chi connectivity index (χ0) is 12.8. The number of thioether (sulfide) groups is 1. The fourth-order valence-corrected chi connectivity index (χ4v) is 2.49. The minimum atomic E-state index is -0.290. The molecule has 0 heterocycles. The maximum absolute atomic E-state index is 13.9. The van der Waals surface area contributed by atoms with E-state index in [-0.39, 0.29) is 17.6 Å². The molecular formula is C13H20FNOS. The van der Waals surface area contributed by atoms with Crippen LogP contribution in [0.1, 0.15) is 12.5 Å². The van der Waals surface area contributed by atoms with Gasteiger partial charge in [-0.2, -0.15) is 11.8 Å². The molecule has 0 aliphatic carbocycles. The van der Waals surface area contributed by atoms with Crippen LogP contribution >= 0.6 is 11.8 Å². The number of hydrogen-bond donors (Lipinski definition) is 1. The lowest BCUT2D eigenvalue weighted by Crippen LogP contribution is -2.32. The predicted octanol–water partition coefficient (Wildman–Crippen LogP) is 2.70. The molecule has 0 aromatic heterocycles. The summed E-state index contributed by atoms with van der Waals surface area (Å²) in [7, 11) is 1.47. The molecule has 2 unspecified atom stereocenters. The molecular weight excluding hydrogens is 237 g/mol. The Labute approximate surface area is 107 Å². The largest absolute Gasteiger partial charge is 0.494 e. The molecule has 1 aromatic rings. The lowest BCUT2D eigenvalue weighted by atomic mass is 9.97. The summed E-state index contributed by atoms with van der Waals surface area (Å²) in [6.45, 7) is 2.10. The molecule has 2 atom stereocenters. The Morgan fingerprint density at radius 1 is 1.47 bits per heavy atom. The first-order chi connectivity index (χ1) is 8.10. The molecule has 0 fully saturated rings. The Balaban J connectivity index is 2.74. The van der Waals surface area contributed by atoms with E-state index in [0.29, 0.717) is 17.9 Å². The smallest absolute Gasteiger partial charge is 0.168 e. The van der Waals surface area contributed by atoms with Crippen LogP contribution in [-0.4, -0.2) is 25.2 Å². The van der Waals surface area contributed by atoms with Crippen LogP contribution in [0.3, 0.4) is 0 Å². The van der Waals surface area contributed by atoms with Crippen LogP contribution in [0, 0.1) is 11.7 Å².